The highest BCUT2D eigenvalue weighted by molar-refractivity contribution is 5.92. The Balaban J connectivity index is 1.77. The van der Waals surface area contributed by atoms with Crippen LogP contribution in [0.3, 0.4) is 0 Å². The molecule has 1 aromatic carbocycles. The summed E-state index contributed by atoms with van der Waals surface area (Å²) < 4.78 is 1.87. The summed E-state index contributed by atoms with van der Waals surface area (Å²) in [5.41, 5.74) is 1.59. The molecule has 0 aliphatic carbocycles. The molecule has 1 saturated heterocycles. The normalized spacial score (nSPS) is 16.4. The number of aromatic nitrogens is 3. The van der Waals surface area contributed by atoms with Gasteiger partial charge in [-0.1, -0.05) is 48.9 Å². The minimum Gasteiger partial charge on any atom is -0.330 e. The molecule has 140 valence electrons. The number of carbonyl (C=O) groups is 1. The Bertz CT molecular complexity index is 693. The summed E-state index contributed by atoms with van der Waals surface area (Å²) in [5, 5.41) is 11.8. The van der Waals surface area contributed by atoms with Crippen LogP contribution >= 0.6 is 0 Å². The van der Waals surface area contributed by atoms with Crippen LogP contribution in [0.15, 0.2) is 36.5 Å². The maximum atomic E-state index is 13.2. The monoisotopic (exact) mass is 355 g/mol. The Hall–Kier alpha value is -2.21. The average molecular weight is 355 g/mol. The third kappa shape index (κ3) is 4.30. The first-order valence-corrected chi connectivity index (χ1v) is 9.69. The van der Waals surface area contributed by atoms with Gasteiger partial charge in [0.1, 0.15) is 0 Å². The van der Waals surface area contributed by atoms with E-state index in [4.69, 9.17) is 0 Å². The number of nitrogens with one attached hydrogen (secondary N) is 1. The highest BCUT2D eigenvalue weighted by atomic mass is 16.2. The lowest BCUT2D eigenvalue weighted by Gasteiger charge is -2.29. The second-order valence-electron chi connectivity index (χ2n) is 7.00. The fourth-order valence-electron chi connectivity index (χ4n) is 3.48. The lowest BCUT2D eigenvalue weighted by atomic mass is 10.1. The van der Waals surface area contributed by atoms with Crippen LogP contribution in [0.2, 0.25) is 0 Å². The van der Waals surface area contributed by atoms with E-state index in [2.05, 4.69) is 41.6 Å². The van der Waals surface area contributed by atoms with Crippen molar-refractivity contribution in [1.29, 1.82) is 0 Å². The molecule has 1 atom stereocenters. The molecule has 1 amide bonds. The number of rotatable bonds is 7. The number of carbonyl (C=O) groups excluding carboxylic acids is 1. The predicted molar refractivity (Wildman–Crippen MR) is 102 cm³/mol. The molecule has 1 aliphatic heterocycles. The molecule has 0 spiro atoms. The molecular formula is C20H29N5O. The van der Waals surface area contributed by atoms with Gasteiger partial charge < -0.3 is 10.2 Å². The molecule has 2 heterocycles. The van der Waals surface area contributed by atoms with Gasteiger partial charge >= 0.3 is 0 Å². The molecule has 1 fully saturated rings. The first-order chi connectivity index (χ1) is 12.7. The fraction of sp³-hybridized carbons (Fsp3) is 0.550. The molecule has 1 aliphatic rings. The third-order valence-corrected chi connectivity index (χ3v) is 5.18. The van der Waals surface area contributed by atoms with E-state index in [0.717, 1.165) is 50.9 Å². The zero-order valence-corrected chi connectivity index (χ0v) is 15.8. The second kappa shape index (κ2) is 8.94. The van der Waals surface area contributed by atoms with Crippen molar-refractivity contribution in [2.75, 3.05) is 19.6 Å². The zero-order chi connectivity index (χ0) is 18.4. The Morgan fingerprint density at radius 2 is 2.04 bits per heavy atom. The van der Waals surface area contributed by atoms with Crippen molar-refractivity contribution in [2.45, 2.75) is 51.6 Å². The van der Waals surface area contributed by atoms with Crippen LogP contribution in [-0.4, -0.2) is 45.4 Å². The van der Waals surface area contributed by atoms with Gasteiger partial charge in [-0.2, -0.15) is 0 Å². The quantitative estimate of drug-likeness (QED) is 0.828. The SMILES string of the molecule is CCCCN(C(=O)c1cn(C2CCNCC2)nn1)C(C)c1ccccc1. The van der Waals surface area contributed by atoms with Gasteiger partial charge in [0, 0.05) is 6.54 Å². The number of hydrogen-bond donors (Lipinski definition) is 1. The van der Waals surface area contributed by atoms with Crippen molar-refractivity contribution < 1.29 is 4.79 Å². The van der Waals surface area contributed by atoms with Crippen molar-refractivity contribution >= 4 is 5.91 Å². The third-order valence-electron chi connectivity index (χ3n) is 5.18. The number of amides is 1. The van der Waals surface area contributed by atoms with Crippen molar-refractivity contribution in [1.82, 2.24) is 25.2 Å². The average Bonchev–Trinajstić information content (AvgIpc) is 3.19. The highest BCUT2D eigenvalue weighted by Crippen LogP contribution is 2.23. The van der Waals surface area contributed by atoms with Gasteiger partial charge in [0.05, 0.1) is 18.3 Å². The van der Waals surface area contributed by atoms with Gasteiger partial charge in [0.25, 0.3) is 5.91 Å². The summed E-state index contributed by atoms with van der Waals surface area (Å²) in [6.07, 6.45) is 5.90. The molecule has 0 bridgehead atoms. The number of nitrogens with zero attached hydrogens (tertiary/aromatic N) is 4. The van der Waals surface area contributed by atoms with E-state index < -0.39 is 0 Å². The van der Waals surface area contributed by atoms with Crippen LogP contribution in [0.5, 0.6) is 0 Å². The minimum atomic E-state index is -0.0324. The van der Waals surface area contributed by atoms with Gasteiger partial charge in [-0.15, -0.1) is 5.10 Å². The Labute approximate surface area is 155 Å². The van der Waals surface area contributed by atoms with Gasteiger partial charge in [-0.05, 0) is 44.8 Å². The van der Waals surface area contributed by atoms with E-state index in [1.165, 1.54) is 0 Å². The molecular weight excluding hydrogens is 326 g/mol. The van der Waals surface area contributed by atoms with Crippen molar-refractivity contribution in [2.24, 2.45) is 0 Å². The van der Waals surface area contributed by atoms with E-state index in [1.54, 1.807) is 0 Å². The molecule has 2 aromatic rings. The number of hydrogen-bond acceptors (Lipinski definition) is 4. The van der Waals surface area contributed by atoms with Crippen LogP contribution in [-0.2, 0) is 0 Å². The van der Waals surface area contributed by atoms with Crippen molar-refractivity contribution in [3.8, 4) is 0 Å². The summed E-state index contributed by atoms with van der Waals surface area (Å²) in [5.74, 6) is -0.0324. The molecule has 0 radical (unpaired) electrons. The topological polar surface area (TPSA) is 63.1 Å². The zero-order valence-electron chi connectivity index (χ0n) is 15.8. The van der Waals surface area contributed by atoms with E-state index in [1.807, 2.05) is 34.0 Å². The smallest absolute Gasteiger partial charge is 0.276 e. The molecule has 0 saturated carbocycles. The van der Waals surface area contributed by atoms with E-state index in [0.29, 0.717) is 11.7 Å². The van der Waals surface area contributed by atoms with E-state index in [9.17, 15) is 4.79 Å². The maximum absolute atomic E-state index is 13.2. The Kier molecular flexibility index (Phi) is 6.39. The molecule has 3 rings (SSSR count). The molecule has 1 unspecified atom stereocenters. The largest absolute Gasteiger partial charge is 0.330 e. The standard InChI is InChI=1S/C20H29N5O/c1-3-4-14-24(16(2)17-8-6-5-7-9-17)20(26)19-15-25(23-22-19)18-10-12-21-13-11-18/h5-9,15-16,18,21H,3-4,10-14H2,1-2H3. The summed E-state index contributed by atoms with van der Waals surface area (Å²) in [4.78, 5) is 15.1. The second-order valence-corrected chi connectivity index (χ2v) is 7.00. The fourth-order valence-corrected chi connectivity index (χ4v) is 3.48. The summed E-state index contributed by atoms with van der Waals surface area (Å²) in [6, 6.07) is 10.5. The molecule has 6 nitrogen and oxygen atoms in total. The lowest BCUT2D eigenvalue weighted by molar-refractivity contribution is 0.0681. The van der Waals surface area contributed by atoms with Crippen molar-refractivity contribution in [3.05, 3.63) is 47.8 Å². The van der Waals surface area contributed by atoms with Crippen molar-refractivity contribution in [3.63, 3.8) is 0 Å². The predicted octanol–water partition coefficient (Wildman–Crippen LogP) is 3.21. The molecule has 26 heavy (non-hydrogen) atoms. The highest BCUT2D eigenvalue weighted by Gasteiger charge is 2.26. The van der Waals surface area contributed by atoms with Gasteiger partial charge in [0.2, 0.25) is 0 Å². The Morgan fingerprint density at radius 1 is 1.31 bits per heavy atom. The van der Waals surface area contributed by atoms with Gasteiger partial charge in [-0.3, -0.25) is 4.79 Å². The number of unbranched alkanes of at least 4 members (excludes halogenated alkanes) is 1. The summed E-state index contributed by atoms with van der Waals surface area (Å²) in [6.45, 7) is 6.93. The van der Waals surface area contributed by atoms with Crippen LogP contribution in [0, 0.1) is 0 Å². The maximum Gasteiger partial charge on any atom is 0.276 e. The van der Waals surface area contributed by atoms with Crippen LogP contribution < -0.4 is 5.32 Å². The first kappa shape index (κ1) is 18.6. The van der Waals surface area contributed by atoms with Gasteiger partial charge in [-0.25, -0.2) is 4.68 Å². The summed E-state index contributed by atoms with van der Waals surface area (Å²) in [7, 11) is 0. The molecule has 6 heteroatoms. The number of benzene rings is 1. The van der Waals surface area contributed by atoms with Crippen LogP contribution in [0.4, 0.5) is 0 Å². The lowest BCUT2D eigenvalue weighted by Crippen LogP contribution is -2.34. The van der Waals surface area contributed by atoms with E-state index in [-0.39, 0.29) is 11.9 Å². The Morgan fingerprint density at radius 3 is 2.73 bits per heavy atom. The summed E-state index contributed by atoms with van der Waals surface area (Å²) >= 11 is 0. The van der Waals surface area contributed by atoms with Crippen LogP contribution in [0.1, 0.15) is 67.7 Å². The van der Waals surface area contributed by atoms with Crippen LogP contribution in [0.25, 0.3) is 0 Å². The van der Waals surface area contributed by atoms with Gasteiger partial charge in [0.15, 0.2) is 5.69 Å². The number of piperidine rings is 1. The first-order valence-electron chi connectivity index (χ1n) is 9.69. The minimum absolute atomic E-state index is 0.0132. The molecule has 1 aromatic heterocycles. The molecule has 1 N–H and O–H groups in total. The van der Waals surface area contributed by atoms with E-state index >= 15 is 0 Å².